The summed E-state index contributed by atoms with van der Waals surface area (Å²) in [4.78, 5) is 36.4. The van der Waals surface area contributed by atoms with E-state index in [1.54, 1.807) is 0 Å². The number of benzene rings is 1. The lowest BCUT2D eigenvalue weighted by Crippen LogP contribution is -2.24. The fourth-order valence-electron chi connectivity index (χ4n) is 2.27. The van der Waals surface area contributed by atoms with E-state index in [1.807, 2.05) is 0 Å². The van der Waals surface area contributed by atoms with E-state index < -0.39 is 17.3 Å². The molecule has 0 fully saturated rings. The van der Waals surface area contributed by atoms with Gasteiger partial charge in [-0.1, -0.05) is 37.4 Å². The van der Waals surface area contributed by atoms with Gasteiger partial charge in [-0.2, -0.15) is 0 Å². The summed E-state index contributed by atoms with van der Waals surface area (Å²) in [5.41, 5.74) is 0.133. The van der Waals surface area contributed by atoms with Gasteiger partial charge in [0.15, 0.2) is 17.3 Å². The van der Waals surface area contributed by atoms with E-state index in [0.717, 1.165) is 0 Å². The molecule has 0 saturated heterocycles. The van der Waals surface area contributed by atoms with Crippen LogP contribution in [-0.2, 0) is 0 Å². The van der Waals surface area contributed by atoms with Crippen LogP contribution in [0.25, 0.3) is 0 Å². The lowest BCUT2D eigenvalue weighted by Gasteiger charge is -2.20. The molecule has 0 unspecified atom stereocenters. The average molecular weight is 268 g/mol. The molecular weight excluding hydrogens is 256 g/mol. The molecule has 0 spiro atoms. The predicted octanol–water partition coefficient (Wildman–Crippen LogP) is 2.82. The van der Waals surface area contributed by atoms with E-state index in [-0.39, 0.29) is 33.6 Å². The Hall–Kier alpha value is -2.75. The lowest BCUT2D eigenvalue weighted by molar-refractivity contribution is 0.0964. The van der Waals surface area contributed by atoms with E-state index in [4.69, 9.17) is 0 Å². The molecule has 1 N–H and O–H groups in total. The third kappa shape index (κ3) is 1.82. The maximum absolute atomic E-state index is 12.4. The number of Topliss-reactive ketones (excluding diaryl/α,β-unsaturated/α-hetero) is 3. The van der Waals surface area contributed by atoms with Crippen LogP contribution in [0.3, 0.4) is 0 Å². The minimum atomic E-state index is -0.537. The largest absolute Gasteiger partial charge is 0.508 e. The third-order valence-electron chi connectivity index (χ3n) is 3.15. The number of fused-ring (bicyclic) bond motifs is 1. The standard InChI is InChI=1S/C16H12O4/c1-4-10-13(9(3)18)16(20)12-7-5-6-11(8(2)17)14(12)15(10)19/h4-7,18H,1,3H2,2H3. The molecule has 4 nitrogen and oxygen atoms in total. The van der Waals surface area contributed by atoms with Gasteiger partial charge in [0.25, 0.3) is 0 Å². The molecule has 4 heteroatoms. The molecule has 0 aromatic heterocycles. The van der Waals surface area contributed by atoms with E-state index in [9.17, 15) is 19.5 Å². The number of aliphatic hydroxyl groups excluding tert-OH is 1. The van der Waals surface area contributed by atoms with Crippen molar-refractivity contribution in [1.29, 1.82) is 0 Å². The van der Waals surface area contributed by atoms with Crippen molar-refractivity contribution >= 4 is 17.3 Å². The Morgan fingerprint density at radius 3 is 2.40 bits per heavy atom. The van der Waals surface area contributed by atoms with Crippen LogP contribution >= 0.6 is 0 Å². The smallest absolute Gasteiger partial charge is 0.198 e. The van der Waals surface area contributed by atoms with Gasteiger partial charge in [-0.25, -0.2) is 0 Å². The highest BCUT2D eigenvalue weighted by Crippen LogP contribution is 2.31. The van der Waals surface area contributed by atoms with Crippen molar-refractivity contribution in [2.75, 3.05) is 0 Å². The minimum absolute atomic E-state index is 0.0382. The van der Waals surface area contributed by atoms with Gasteiger partial charge in [-0.15, -0.1) is 0 Å². The van der Waals surface area contributed by atoms with Crippen molar-refractivity contribution in [1.82, 2.24) is 0 Å². The highest BCUT2D eigenvalue weighted by atomic mass is 16.3. The summed E-state index contributed by atoms with van der Waals surface area (Å²) in [6.45, 7) is 8.11. The zero-order valence-corrected chi connectivity index (χ0v) is 10.9. The third-order valence-corrected chi connectivity index (χ3v) is 3.15. The van der Waals surface area contributed by atoms with Crippen LogP contribution in [0.15, 0.2) is 54.3 Å². The number of carbonyl (C=O) groups excluding carboxylic acids is 3. The first kappa shape index (κ1) is 13.7. The predicted molar refractivity (Wildman–Crippen MR) is 74.1 cm³/mol. The van der Waals surface area contributed by atoms with Gasteiger partial charge in [0.2, 0.25) is 0 Å². The van der Waals surface area contributed by atoms with E-state index in [1.165, 1.54) is 31.2 Å². The van der Waals surface area contributed by atoms with Crippen molar-refractivity contribution in [3.8, 4) is 0 Å². The van der Waals surface area contributed by atoms with Crippen LogP contribution in [0.5, 0.6) is 0 Å². The quantitative estimate of drug-likeness (QED) is 0.676. The molecule has 100 valence electrons. The van der Waals surface area contributed by atoms with E-state index in [2.05, 4.69) is 13.2 Å². The fourth-order valence-corrected chi connectivity index (χ4v) is 2.27. The Balaban J connectivity index is 2.85. The summed E-state index contributed by atoms with van der Waals surface area (Å²) in [6, 6.07) is 4.47. The average Bonchev–Trinajstić information content (AvgIpc) is 2.41. The molecule has 0 amide bonds. The number of aliphatic hydroxyl groups is 1. The summed E-state index contributed by atoms with van der Waals surface area (Å²) in [6.07, 6.45) is 1.19. The van der Waals surface area contributed by atoms with Gasteiger partial charge in [-0.05, 0) is 6.92 Å². The molecule has 0 saturated carbocycles. The molecule has 1 aliphatic carbocycles. The van der Waals surface area contributed by atoms with Gasteiger partial charge in [0.1, 0.15) is 5.76 Å². The van der Waals surface area contributed by atoms with E-state index in [0.29, 0.717) is 0 Å². The molecule has 20 heavy (non-hydrogen) atoms. The van der Waals surface area contributed by atoms with Gasteiger partial charge in [-0.3, -0.25) is 14.4 Å². The first-order valence-corrected chi connectivity index (χ1v) is 5.88. The monoisotopic (exact) mass is 268 g/mol. The van der Waals surface area contributed by atoms with Crippen LogP contribution < -0.4 is 0 Å². The van der Waals surface area contributed by atoms with Crippen LogP contribution in [0.1, 0.15) is 38.0 Å². The summed E-state index contributed by atoms with van der Waals surface area (Å²) in [5, 5.41) is 9.53. The van der Waals surface area contributed by atoms with Crippen molar-refractivity contribution in [2.45, 2.75) is 6.92 Å². The van der Waals surface area contributed by atoms with Gasteiger partial charge in [0, 0.05) is 22.3 Å². The topological polar surface area (TPSA) is 71.4 Å². The number of ketones is 3. The number of hydrogen-bond donors (Lipinski definition) is 1. The highest BCUT2D eigenvalue weighted by Gasteiger charge is 2.34. The van der Waals surface area contributed by atoms with Crippen molar-refractivity contribution in [3.63, 3.8) is 0 Å². The Bertz CT molecular complexity index is 720. The normalized spacial score (nSPS) is 14.1. The minimum Gasteiger partial charge on any atom is -0.508 e. The summed E-state index contributed by atoms with van der Waals surface area (Å²) >= 11 is 0. The maximum atomic E-state index is 12.4. The lowest BCUT2D eigenvalue weighted by atomic mass is 9.80. The Morgan fingerprint density at radius 2 is 1.90 bits per heavy atom. The summed E-state index contributed by atoms with van der Waals surface area (Å²) < 4.78 is 0. The summed E-state index contributed by atoms with van der Waals surface area (Å²) in [5.74, 6) is -1.84. The SMILES string of the molecule is C=CC1=C(C(=C)O)C(=O)c2cccc(C(C)=O)c2C1=O. The van der Waals surface area contributed by atoms with Crippen LogP contribution in [0, 0.1) is 0 Å². The second kappa shape index (κ2) is 4.74. The number of carbonyl (C=O) groups is 3. The van der Waals surface area contributed by atoms with Gasteiger partial charge in [0.05, 0.1) is 5.57 Å². The fraction of sp³-hybridized carbons (Fsp3) is 0.0625. The number of hydrogen-bond acceptors (Lipinski definition) is 4. The molecule has 0 heterocycles. The second-order valence-electron chi connectivity index (χ2n) is 4.38. The first-order valence-electron chi connectivity index (χ1n) is 5.88. The Morgan fingerprint density at radius 1 is 1.25 bits per heavy atom. The molecule has 2 rings (SSSR count). The van der Waals surface area contributed by atoms with Gasteiger partial charge >= 0.3 is 0 Å². The zero-order valence-electron chi connectivity index (χ0n) is 10.9. The van der Waals surface area contributed by atoms with Gasteiger partial charge < -0.3 is 5.11 Å². The van der Waals surface area contributed by atoms with Crippen molar-refractivity contribution in [2.24, 2.45) is 0 Å². The van der Waals surface area contributed by atoms with Crippen molar-refractivity contribution in [3.05, 3.63) is 71.0 Å². The maximum Gasteiger partial charge on any atom is 0.198 e. The van der Waals surface area contributed by atoms with Crippen LogP contribution in [-0.4, -0.2) is 22.5 Å². The highest BCUT2D eigenvalue weighted by molar-refractivity contribution is 6.31. The molecule has 0 atom stereocenters. The number of rotatable bonds is 3. The Labute approximate surface area is 115 Å². The summed E-state index contributed by atoms with van der Waals surface area (Å²) in [7, 11) is 0. The molecule has 0 bridgehead atoms. The molecular formula is C16H12O4. The second-order valence-corrected chi connectivity index (χ2v) is 4.38. The molecule has 0 radical (unpaired) electrons. The first-order chi connectivity index (χ1) is 9.40. The van der Waals surface area contributed by atoms with E-state index >= 15 is 0 Å². The van der Waals surface area contributed by atoms with Crippen molar-refractivity contribution < 1.29 is 19.5 Å². The molecule has 1 aromatic rings. The molecule has 1 aliphatic rings. The van der Waals surface area contributed by atoms with Crippen LogP contribution in [0.4, 0.5) is 0 Å². The van der Waals surface area contributed by atoms with Crippen LogP contribution in [0.2, 0.25) is 0 Å². The molecule has 1 aromatic carbocycles. The Kier molecular flexibility index (Phi) is 3.24. The zero-order chi connectivity index (χ0) is 15.0. The molecule has 0 aliphatic heterocycles. The number of allylic oxidation sites excluding steroid dienone is 3.